The predicted octanol–water partition coefficient (Wildman–Crippen LogP) is 2.38. The molecule has 0 unspecified atom stereocenters. The van der Waals surface area contributed by atoms with Gasteiger partial charge in [-0.1, -0.05) is 30.4 Å². The average Bonchev–Trinajstić information content (AvgIpc) is 2.99. The molecular weight excluding hydrogens is 280 g/mol. The van der Waals surface area contributed by atoms with Crippen LogP contribution < -0.4 is 11.1 Å². The lowest BCUT2D eigenvalue weighted by Gasteiger charge is -2.15. The molecule has 1 aromatic heterocycles. The lowest BCUT2D eigenvalue weighted by atomic mass is 10.1. The lowest BCUT2D eigenvalue weighted by Crippen LogP contribution is -2.26. The SMILES string of the molecule is NC(=S)c1cc(NCCN2CCCC2)nc2ccccc12. The number of rotatable bonds is 5. The minimum absolute atomic E-state index is 0.413. The van der Waals surface area contributed by atoms with Crippen LogP contribution >= 0.6 is 12.2 Å². The van der Waals surface area contributed by atoms with E-state index in [-0.39, 0.29) is 0 Å². The number of anilines is 1. The Labute approximate surface area is 130 Å². The molecular formula is C16H20N4S. The summed E-state index contributed by atoms with van der Waals surface area (Å²) in [5.41, 5.74) is 7.66. The van der Waals surface area contributed by atoms with Gasteiger partial charge in [-0.25, -0.2) is 4.98 Å². The van der Waals surface area contributed by atoms with Crippen LogP contribution in [0.2, 0.25) is 0 Å². The zero-order chi connectivity index (χ0) is 14.7. The predicted molar refractivity (Wildman–Crippen MR) is 91.8 cm³/mol. The van der Waals surface area contributed by atoms with Gasteiger partial charge in [0, 0.05) is 24.0 Å². The van der Waals surface area contributed by atoms with Crippen molar-refractivity contribution in [3.05, 3.63) is 35.9 Å². The van der Waals surface area contributed by atoms with E-state index in [1.165, 1.54) is 25.9 Å². The van der Waals surface area contributed by atoms with Crippen LogP contribution in [0.3, 0.4) is 0 Å². The molecule has 0 saturated carbocycles. The molecule has 2 heterocycles. The van der Waals surface area contributed by atoms with E-state index in [9.17, 15) is 0 Å². The van der Waals surface area contributed by atoms with Gasteiger partial charge in [0.25, 0.3) is 0 Å². The Bertz CT molecular complexity index is 650. The molecule has 1 saturated heterocycles. The number of nitrogens with zero attached hydrogens (tertiary/aromatic N) is 2. The molecule has 4 nitrogen and oxygen atoms in total. The number of fused-ring (bicyclic) bond motifs is 1. The van der Waals surface area contributed by atoms with Gasteiger partial charge in [-0.15, -0.1) is 0 Å². The van der Waals surface area contributed by atoms with Gasteiger partial charge in [0.05, 0.1) is 5.52 Å². The molecule has 1 aromatic carbocycles. The van der Waals surface area contributed by atoms with Gasteiger partial charge in [0.15, 0.2) is 0 Å². The van der Waals surface area contributed by atoms with E-state index in [4.69, 9.17) is 18.0 Å². The number of hydrogen-bond donors (Lipinski definition) is 2. The molecule has 0 amide bonds. The molecule has 21 heavy (non-hydrogen) atoms. The molecule has 3 rings (SSSR count). The molecule has 0 radical (unpaired) electrons. The maximum Gasteiger partial charge on any atom is 0.127 e. The average molecular weight is 300 g/mol. The zero-order valence-corrected chi connectivity index (χ0v) is 12.8. The number of aromatic nitrogens is 1. The van der Waals surface area contributed by atoms with E-state index in [0.717, 1.165) is 35.4 Å². The van der Waals surface area contributed by atoms with E-state index in [0.29, 0.717) is 4.99 Å². The van der Waals surface area contributed by atoms with Gasteiger partial charge in [-0.2, -0.15) is 0 Å². The second-order valence-electron chi connectivity index (χ2n) is 5.41. The Morgan fingerprint density at radius 2 is 2.05 bits per heavy atom. The summed E-state index contributed by atoms with van der Waals surface area (Å²) in [5.74, 6) is 0.843. The summed E-state index contributed by atoms with van der Waals surface area (Å²) in [6, 6.07) is 9.90. The lowest BCUT2D eigenvalue weighted by molar-refractivity contribution is 0.352. The summed E-state index contributed by atoms with van der Waals surface area (Å²) in [6.45, 7) is 4.37. The normalized spacial score (nSPS) is 15.4. The van der Waals surface area contributed by atoms with Crippen molar-refractivity contribution in [1.29, 1.82) is 0 Å². The molecule has 0 spiro atoms. The maximum atomic E-state index is 5.84. The summed E-state index contributed by atoms with van der Waals surface area (Å²) in [5, 5.41) is 4.40. The van der Waals surface area contributed by atoms with Crippen LogP contribution in [0, 0.1) is 0 Å². The third kappa shape index (κ3) is 3.31. The quantitative estimate of drug-likeness (QED) is 0.830. The smallest absolute Gasteiger partial charge is 0.127 e. The monoisotopic (exact) mass is 300 g/mol. The van der Waals surface area contributed by atoms with Gasteiger partial charge >= 0.3 is 0 Å². The largest absolute Gasteiger partial charge is 0.389 e. The molecule has 1 aliphatic heterocycles. The Morgan fingerprint density at radius 1 is 1.29 bits per heavy atom. The third-order valence-electron chi connectivity index (χ3n) is 3.91. The standard InChI is InChI=1S/C16H20N4S/c17-16(21)13-11-15(18-7-10-20-8-3-4-9-20)19-14-6-2-1-5-12(13)14/h1-2,5-6,11H,3-4,7-10H2,(H2,17,21)(H,18,19). The van der Waals surface area contributed by atoms with Crippen LogP contribution in [0.1, 0.15) is 18.4 Å². The number of hydrogen-bond acceptors (Lipinski definition) is 4. The van der Waals surface area contributed by atoms with Crippen molar-refractivity contribution >= 4 is 33.9 Å². The van der Waals surface area contributed by atoms with Crippen LogP contribution in [-0.2, 0) is 0 Å². The highest BCUT2D eigenvalue weighted by atomic mass is 32.1. The molecule has 1 fully saturated rings. The van der Waals surface area contributed by atoms with E-state index < -0.39 is 0 Å². The highest BCUT2D eigenvalue weighted by molar-refractivity contribution is 7.80. The van der Waals surface area contributed by atoms with Crippen LogP contribution in [-0.4, -0.2) is 41.1 Å². The Hall–Kier alpha value is -1.72. The number of likely N-dealkylation sites (tertiary alicyclic amines) is 1. The first kappa shape index (κ1) is 14.2. The van der Waals surface area contributed by atoms with Crippen molar-refractivity contribution in [1.82, 2.24) is 9.88 Å². The number of pyridine rings is 1. The van der Waals surface area contributed by atoms with E-state index in [2.05, 4.69) is 15.2 Å². The highest BCUT2D eigenvalue weighted by Crippen LogP contribution is 2.20. The van der Waals surface area contributed by atoms with Crippen molar-refractivity contribution < 1.29 is 0 Å². The molecule has 2 aromatic rings. The van der Waals surface area contributed by atoms with Gasteiger partial charge in [0.1, 0.15) is 10.8 Å². The van der Waals surface area contributed by atoms with E-state index in [1.807, 2.05) is 30.3 Å². The summed E-state index contributed by atoms with van der Waals surface area (Å²) in [7, 11) is 0. The summed E-state index contributed by atoms with van der Waals surface area (Å²) < 4.78 is 0. The summed E-state index contributed by atoms with van der Waals surface area (Å²) in [6.07, 6.45) is 2.64. The van der Waals surface area contributed by atoms with Gasteiger partial charge < -0.3 is 16.0 Å². The summed E-state index contributed by atoms with van der Waals surface area (Å²) >= 11 is 5.16. The fourth-order valence-electron chi connectivity index (χ4n) is 2.82. The van der Waals surface area contributed by atoms with Crippen LogP contribution in [0.25, 0.3) is 10.9 Å². The van der Waals surface area contributed by atoms with Crippen molar-refractivity contribution in [2.75, 3.05) is 31.5 Å². The van der Waals surface area contributed by atoms with Crippen molar-refractivity contribution in [3.63, 3.8) is 0 Å². The second kappa shape index (κ2) is 6.37. The molecule has 3 N–H and O–H groups in total. The van der Waals surface area contributed by atoms with E-state index in [1.54, 1.807) is 0 Å². The first-order valence-corrected chi connectivity index (χ1v) is 7.81. The molecule has 0 bridgehead atoms. The fraction of sp³-hybridized carbons (Fsp3) is 0.375. The number of nitrogens with two attached hydrogens (primary N) is 1. The second-order valence-corrected chi connectivity index (χ2v) is 5.85. The number of thiocarbonyl (C=S) groups is 1. The van der Waals surface area contributed by atoms with Crippen molar-refractivity contribution in [2.24, 2.45) is 5.73 Å². The van der Waals surface area contributed by atoms with Crippen LogP contribution in [0.15, 0.2) is 30.3 Å². The van der Waals surface area contributed by atoms with E-state index >= 15 is 0 Å². The molecule has 1 aliphatic rings. The number of para-hydroxylation sites is 1. The minimum atomic E-state index is 0.413. The molecule has 0 atom stereocenters. The van der Waals surface area contributed by atoms with Crippen molar-refractivity contribution in [2.45, 2.75) is 12.8 Å². The highest BCUT2D eigenvalue weighted by Gasteiger charge is 2.11. The molecule has 110 valence electrons. The van der Waals surface area contributed by atoms with Gasteiger partial charge in [-0.3, -0.25) is 0 Å². The molecule has 0 aliphatic carbocycles. The first-order valence-electron chi connectivity index (χ1n) is 7.40. The van der Waals surface area contributed by atoms with Crippen LogP contribution in [0.5, 0.6) is 0 Å². The summed E-state index contributed by atoms with van der Waals surface area (Å²) in [4.78, 5) is 7.53. The Kier molecular flexibility index (Phi) is 4.31. The minimum Gasteiger partial charge on any atom is -0.389 e. The van der Waals surface area contributed by atoms with Crippen LogP contribution in [0.4, 0.5) is 5.82 Å². The van der Waals surface area contributed by atoms with Gasteiger partial charge in [0.2, 0.25) is 0 Å². The van der Waals surface area contributed by atoms with Crippen molar-refractivity contribution in [3.8, 4) is 0 Å². The molecule has 5 heteroatoms. The zero-order valence-electron chi connectivity index (χ0n) is 12.0. The maximum absolute atomic E-state index is 5.84. The topological polar surface area (TPSA) is 54.2 Å². The first-order chi connectivity index (χ1) is 10.2. The van der Waals surface area contributed by atoms with Gasteiger partial charge in [-0.05, 0) is 38.1 Å². The number of benzene rings is 1. The Morgan fingerprint density at radius 3 is 2.81 bits per heavy atom. The third-order valence-corrected chi connectivity index (χ3v) is 4.13. The Balaban J connectivity index is 1.76. The number of nitrogens with one attached hydrogen (secondary N) is 1. The fourth-order valence-corrected chi connectivity index (χ4v) is 2.99.